The van der Waals surface area contributed by atoms with Crippen LogP contribution in [0.3, 0.4) is 0 Å². The molecule has 3 rings (SSSR count). The lowest BCUT2D eigenvalue weighted by molar-refractivity contribution is 0.0547. The number of hydrogen-bond donors (Lipinski definition) is 1. The molecule has 0 amide bonds. The molecule has 1 N–H and O–H groups in total. The minimum Gasteiger partial charge on any atom is -0.489 e. The monoisotopic (exact) mass is 336 g/mol. The Kier molecular flexibility index (Phi) is 6.44. The number of ether oxygens (including phenoxy) is 2. The molecule has 130 valence electrons. The van der Waals surface area contributed by atoms with Gasteiger partial charge in [-0.1, -0.05) is 30.3 Å². The SMILES string of the molecule is N#Cc1ccccc1COc1cccc(CNCC2CCCOC2)c1. The zero-order chi connectivity index (χ0) is 17.3. The smallest absolute Gasteiger partial charge is 0.120 e. The average molecular weight is 336 g/mol. The van der Waals surface area contributed by atoms with Crippen LogP contribution in [0.5, 0.6) is 5.75 Å². The molecule has 1 aliphatic heterocycles. The Labute approximate surface area is 149 Å². The summed E-state index contributed by atoms with van der Waals surface area (Å²) in [5, 5.41) is 12.7. The van der Waals surface area contributed by atoms with Crippen molar-refractivity contribution in [2.75, 3.05) is 19.8 Å². The standard InChI is InChI=1S/C21H24N2O2/c22-12-19-7-1-2-8-20(19)16-25-21-9-3-5-17(11-21)13-23-14-18-6-4-10-24-15-18/h1-3,5,7-9,11,18,23H,4,6,10,13-16H2. The van der Waals surface area contributed by atoms with Gasteiger partial charge in [0.05, 0.1) is 18.2 Å². The van der Waals surface area contributed by atoms with Gasteiger partial charge in [0.1, 0.15) is 12.4 Å². The third kappa shape index (κ3) is 5.32. The highest BCUT2D eigenvalue weighted by molar-refractivity contribution is 5.37. The van der Waals surface area contributed by atoms with Gasteiger partial charge in [-0.3, -0.25) is 0 Å². The molecule has 1 heterocycles. The van der Waals surface area contributed by atoms with Crippen LogP contribution in [0.4, 0.5) is 0 Å². The summed E-state index contributed by atoms with van der Waals surface area (Å²) in [5.74, 6) is 1.45. The molecule has 4 nitrogen and oxygen atoms in total. The lowest BCUT2D eigenvalue weighted by Crippen LogP contribution is -2.28. The summed E-state index contributed by atoms with van der Waals surface area (Å²) in [6.45, 7) is 3.99. The summed E-state index contributed by atoms with van der Waals surface area (Å²) in [5.41, 5.74) is 2.77. The van der Waals surface area contributed by atoms with E-state index in [0.717, 1.165) is 37.6 Å². The molecule has 2 aromatic carbocycles. The van der Waals surface area contributed by atoms with Crippen LogP contribution >= 0.6 is 0 Å². The van der Waals surface area contributed by atoms with E-state index in [9.17, 15) is 0 Å². The molecular weight excluding hydrogens is 312 g/mol. The second kappa shape index (κ2) is 9.22. The molecular formula is C21H24N2O2. The minimum atomic E-state index is 0.403. The van der Waals surface area contributed by atoms with E-state index in [1.54, 1.807) is 0 Å². The zero-order valence-corrected chi connectivity index (χ0v) is 14.4. The molecule has 0 spiro atoms. The van der Waals surface area contributed by atoms with Gasteiger partial charge in [-0.15, -0.1) is 0 Å². The van der Waals surface area contributed by atoms with Gasteiger partial charge in [0, 0.05) is 25.3 Å². The Morgan fingerprint density at radius 1 is 1.20 bits per heavy atom. The van der Waals surface area contributed by atoms with E-state index in [1.807, 2.05) is 36.4 Å². The van der Waals surface area contributed by atoms with Crippen molar-refractivity contribution in [3.8, 4) is 11.8 Å². The van der Waals surface area contributed by atoms with Gasteiger partial charge in [-0.2, -0.15) is 5.26 Å². The number of nitriles is 1. The van der Waals surface area contributed by atoms with Crippen LogP contribution in [0.15, 0.2) is 48.5 Å². The van der Waals surface area contributed by atoms with Crippen molar-refractivity contribution in [2.45, 2.75) is 26.0 Å². The van der Waals surface area contributed by atoms with Crippen LogP contribution in [-0.2, 0) is 17.9 Å². The van der Waals surface area contributed by atoms with Crippen molar-refractivity contribution in [3.63, 3.8) is 0 Å². The van der Waals surface area contributed by atoms with Crippen molar-refractivity contribution in [2.24, 2.45) is 5.92 Å². The van der Waals surface area contributed by atoms with Crippen LogP contribution in [-0.4, -0.2) is 19.8 Å². The fraction of sp³-hybridized carbons (Fsp3) is 0.381. The van der Waals surface area contributed by atoms with Crippen molar-refractivity contribution < 1.29 is 9.47 Å². The van der Waals surface area contributed by atoms with Crippen molar-refractivity contribution in [3.05, 3.63) is 65.2 Å². The van der Waals surface area contributed by atoms with E-state index in [0.29, 0.717) is 18.1 Å². The van der Waals surface area contributed by atoms with Gasteiger partial charge in [0.15, 0.2) is 0 Å². The molecule has 0 bridgehead atoms. The highest BCUT2D eigenvalue weighted by atomic mass is 16.5. The van der Waals surface area contributed by atoms with Crippen molar-refractivity contribution in [1.82, 2.24) is 5.32 Å². The summed E-state index contributed by atoms with van der Waals surface area (Å²) < 4.78 is 11.4. The number of benzene rings is 2. The molecule has 4 heteroatoms. The summed E-state index contributed by atoms with van der Waals surface area (Å²) >= 11 is 0. The molecule has 0 aliphatic carbocycles. The molecule has 1 fully saturated rings. The highest BCUT2D eigenvalue weighted by Gasteiger charge is 2.13. The first-order chi connectivity index (χ1) is 12.3. The maximum absolute atomic E-state index is 9.14. The zero-order valence-electron chi connectivity index (χ0n) is 14.4. The molecule has 25 heavy (non-hydrogen) atoms. The number of nitrogens with one attached hydrogen (secondary N) is 1. The van der Waals surface area contributed by atoms with E-state index >= 15 is 0 Å². The molecule has 1 aliphatic rings. The van der Waals surface area contributed by atoms with Gasteiger partial charge in [0.25, 0.3) is 0 Å². The molecule has 0 saturated carbocycles. The Balaban J connectivity index is 1.50. The fourth-order valence-corrected chi connectivity index (χ4v) is 3.05. The maximum atomic E-state index is 9.14. The van der Waals surface area contributed by atoms with Crippen molar-refractivity contribution >= 4 is 0 Å². The van der Waals surface area contributed by atoms with Gasteiger partial charge in [-0.05, 0) is 42.5 Å². The first kappa shape index (κ1) is 17.5. The Morgan fingerprint density at radius 3 is 2.96 bits per heavy atom. The topological polar surface area (TPSA) is 54.3 Å². The summed E-state index contributed by atoms with van der Waals surface area (Å²) in [6.07, 6.45) is 2.41. The largest absolute Gasteiger partial charge is 0.489 e. The van der Waals surface area contributed by atoms with E-state index in [2.05, 4.69) is 23.5 Å². The molecule has 2 aromatic rings. The summed E-state index contributed by atoms with van der Waals surface area (Å²) in [4.78, 5) is 0. The summed E-state index contributed by atoms with van der Waals surface area (Å²) in [7, 11) is 0. The van der Waals surface area contributed by atoms with E-state index in [1.165, 1.54) is 18.4 Å². The molecule has 1 saturated heterocycles. The van der Waals surface area contributed by atoms with Gasteiger partial charge < -0.3 is 14.8 Å². The average Bonchev–Trinajstić information content (AvgIpc) is 2.68. The number of rotatable bonds is 7. The molecule has 1 atom stereocenters. The minimum absolute atomic E-state index is 0.403. The second-order valence-electron chi connectivity index (χ2n) is 6.42. The normalized spacial score (nSPS) is 17.0. The van der Waals surface area contributed by atoms with Crippen molar-refractivity contribution in [1.29, 1.82) is 5.26 Å². The van der Waals surface area contributed by atoms with E-state index in [-0.39, 0.29) is 0 Å². The lowest BCUT2D eigenvalue weighted by atomic mass is 10.0. The first-order valence-electron chi connectivity index (χ1n) is 8.83. The van der Waals surface area contributed by atoms with Crippen LogP contribution in [0.1, 0.15) is 29.5 Å². The van der Waals surface area contributed by atoms with Crippen LogP contribution in [0, 0.1) is 17.2 Å². The Hall–Kier alpha value is -2.35. The van der Waals surface area contributed by atoms with Crippen LogP contribution in [0.25, 0.3) is 0 Å². The third-order valence-electron chi connectivity index (χ3n) is 4.45. The van der Waals surface area contributed by atoms with E-state index < -0.39 is 0 Å². The number of hydrogen-bond acceptors (Lipinski definition) is 4. The molecule has 0 aromatic heterocycles. The first-order valence-corrected chi connectivity index (χ1v) is 8.83. The predicted molar refractivity (Wildman–Crippen MR) is 97.2 cm³/mol. The lowest BCUT2D eigenvalue weighted by Gasteiger charge is -2.22. The van der Waals surface area contributed by atoms with Gasteiger partial charge >= 0.3 is 0 Å². The Bertz CT molecular complexity index is 718. The van der Waals surface area contributed by atoms with Crippen LogP contribution in [0.2, 0.25) is 0 Å². The fourth-order valence-electron chi connectivity index (χ4n) is 3.05. The quantitative estimate of drug-likeness (QED) is 0.838. The summed E-state index contributed by atoms with van der Waals surface area (Å²) in [6, 6.07) is 17.8. The van der Waals surface area contributed by atoms with Gasteiger partial charge in [-0.25, -0.2) is 0 Å². The highest BCUT2D eigenvalue weighted by Crippen LogP contribution is 2.17. The third-order valence-corrected chi connectivity index (χ3v) is 4.45. The predicted octanol–water partition coefficient (Wildman–Crippen LogP) is 3.65. The molecule has 1 unspecified atom stereocenters. The maximum Gasteiger partial charge on any atom is 0.120 e. The Morgan fingerprint density at radius 2 is 2.12 bits per heavy atom. The number of nitrogens with zero attached hydrogens (tertiary/aromatic N) is 1. The second-order valence-corrected chi connectivity index (χ2v) is 6.42. The van der Waals surface area contributed by atoms with E-state index in [4.69, 9.17) is 14.7 Å². The van der Waals surface area contributed by atoms with Crippen LogP contribution < -0.4 is 10.1 Å². The van der Waals surface area contributed by atoms with Gasteiger partial charge in [0.2, 0.25) is 0 Å². The molecule has 0 radical (unpaired) electrons.